The van der Waals surface area contributed by atoms with Crippen molar-refractivity contribution < 1.29 is 18.0 Å². The van der Waals surface area contributed by atoms with Gasteiger partial charge in [0.2, 0.25) is 0 Å². The minimum Gasteiger partial charge on any atom is -0.545 e. The first-order chi connectivity index (χ1) is 8.54. The summed E-state index contributed by atoms with van der Waals surface area (Å²) in [5.74, 6) is -1.43. The summed E-state index contributed by atoms with van der Waals surface area (Å²) in [6.07, 6.45) is 4.36. The molecule has 0 spiro atoms. The normalized spacial score (nSPS) is 16.6. The average molecular weight is 288 g/mol. The van der Waals surface area contributed by atoms with E-state index in [9.17, 15) is 9.90 Å². The molecule has 0 aliphatic carbocycles. The first-order valence-corrected chi connectivity index (χ1v) is 6.12. The van der Waals surface area contributed by atoms with Gasteiger partial charge in [-0.05, 0) is 36.9 Å². The van der Waals surface area contributed by atoms with Crippen LogP contribution in [0.2, 0.25) is 0 Å². The maximum absolute atomic E-state index is 10.4. The SMILES string of the molecule is C1CC[NH2+]CC1.[2H]c1c(Br)ccc(C(=O)[O-])c1[2H]. The quantitative estimate of drug-likeness (QED) is 0.820. The summed E-state index contributed by atoms with van der Waals surface area (Å²) in [5, 5.41) is 12.7. The molecular formula is C12H16BrNO2. The van der Waals surface area contributed by atoms with Crippen LogP contribution in [-0.2, 0) is 0 Å². The molecule has 3 nitrogen and oxygen atoms in total. The van der Waals surface area contributed by atoms with E-state index in [1.807, 2.05) is 0 Å². The fourth-order valence-corrected chi connectivity index (χ4v) is 1.62. The van der Waals surface area contributed by atoms with Crippen LogP contribution in [0.5, 0.6) is 0 Å². The van der Waals surface area contributed by atoms with E-state index >= 15 is 0 Å². The molecule has 1 saturated heterocycles. The van der Waals surface area contributed by atoms with E-state index in [-0.39, 0.29) is 17.6 Å². The van der Waals surface area contributed by atoms with Gasteiger partial charge >= 0.3 is 0 Å². The Hall–Kier alpha value is -0.870. The Bertz CT molecular complexity index is 411. The fourth-order valence-electron chi connectivity index (χ4n) is 1.38. The molecule has 0 radical (unpaired) electrons. The summed E-state index contributed by atoms with van der Waals surface area (Å²) >= 11 is 3.01. The van der Waals surface area contributed by atoms with Crippen molar-refractivity contribution in [3.8, 4) is 0 Å². The number of rotatable bonds is 1. The van der Waals surface area contributed by atoms with Crippen molar-refractivity contribution in [3.63, 3.8) is 0 Å². The standard InChI is InChI=1S/C7H5BrO2.C5H11N/c8-6-3-1-5(2-4-6)7(9)10;1-2-4-6-5-3-1/h1-4H,(H,9,10);6H,1-5H2/i1D,3D;. The number of piperidine rings is 1. The van der Waals surface area contributed by atoms with Crippen LogP contribution in [0.25, 0.3) is 0 Å². The molecule has 0 unspecified atom stereocenters. The molecule has 1 aromatic rings. The molecular weight excluding hydrogens is 270 g/mol. The zero-order valence-electron chi connectivity index (χ0n) is 11.0. The lowest BCUT2D eigenvalue weighted by Gasteiger charge is -2.05. The van der Waals surface area contributed by atoms with E-state index in [2.05, 4.69) is 21.2 Å². The number of benzene rings is 1. The molecule has 2 rings (SSSR count). The Morgan fingerprint density at radius 1 is 1.31 bits per heavy atom. The van der Waals surface area contributed by atoms with E-state index < -0.39 is 5.97 Å². The number of aromatic carboxylic acids is 1. The second-order valence-corrected chi connectivity index (χ2v) is 4.41. The smallest absolute Gasteiger partial charge is 0.0755 e. The Morgan fingerprint density at radius 3 is 2.44 bits per heavy atom. The van der Waals surface area contributed by atoms with Gasteiger partial charge in [-0.15, -0.1) is 0 Å². The molecule has 88 valence electrons. The van der Waals surface area contributed by atoms with Gasteiger partial charge in [-0.2, -0.15) is 0 Å². The fraction of sp³-hybridized carbons (Fsp3) is 0.417. The molecule has 0 amide bonds. The van der Waals surface area contributed by atoms with Gasteiger partial charge in [-0.3, -0.25) is 0 Å². The third-order valence-corrected chi connectivity index (χ3v) is 2.71. The molecule has 4 heteroatoms. The molecule has 0 bridgehead atoms. The minimum atomic E-state index is -1.43. The predicted octanol–water partition coefficient (Wildman–Crippen LogP) is 0.546. The minimum absolute atomic E-state index is 0.142. The molecule has 1 aliphatic rings. The number of hydrogen-bond acceptors (Lipinski definition) is 2. The molecule has 1 heterocycles. The lowest BCUT2D eigenvalue weighted by atomic mass is 10.2. The molecule has 0 atom stereocenters. The van der Waals surface area contributed by atoms with E-state index in [4.69, 9.17) is 2.74 Å². The van der Waals surface area contributed by atoms with Crippen molar-refractivity contribution in [2.45, 2.75) is 19.3 Å². The van der Waals surface area contributed by atoms with E-state index in [0.29, 0.717) is 4.47 Å². The summed E-state index contributed by atoms with van der Waals surface area (Å²) in [4.78, 5) is 10.4. The number of carboxylic acid groups (broad SMARTS) is 1. The highest BCUT2D eigenvalue weighted by atomic mass is 79.9. The molecule has 2 N–H and O–H groups in total. The number of nitrogens with two attached hydrogens (primary N) is 1. The number of quaternary nitrogens is 1. The number of carboxylic acids is 1. The summed E-state index contributed by atoms with van der Waals surface area (Å²) in [6.45, 7) is 2.75. The second-order valence-electron chi connectivity index (χ2n) is 3.56. The molecule has 0 aromatic heterocycles. The number of carbonyl (C=O) groups excluding carboxylic acids is 1. The molecule has 0 saturated carbocycles. The third-order valence-electron chi connectivity index (χ3n) is 2.25. The van der Waals surface area contributed by atoms with Crippen molar-refractivity contribution >= 4 is 21.9 Å². The zero-order valence-corrected chi connectivity index (χ0v) is 10.5. The van der Waals surface area contributed by atoms with Crippen molar-refractivity contribution in [2.24, 2.45) is 0 Å². The van der Waals surface area contributed by atoms with Gasteiger partial charge in [0.1, 0.15) is 0 Å². The molecule has 1 fully saturated rings. The molecule has 1 aliphatic heterocycles. The first kappa shape index (κ1) is 10.3. The van der Waals surface area contributed by atoms with Gasteiger partial charge in [0.25, 0.3) is 0 Å². The Labute approximate surface area is 107 Å². The van der Waals surface area contributed by atoms with E-state index in [0.717, 1.165) is 0 Å². The van der Waals surface area contributed by atoms with Gasteiger partial charge in [0.15, 0.2) is 0 Å². The average Bonchev–Trinajstić information content (AvgIpc) is 2.38. The topological polar surface area (TPSA) is 56.7 Å². The van der Waals surface area contributed by atoms with E-state index in [1.54, 1.807) is 0 Å². The maximum atomic E-state index is 10.4. The second kappa shape index (κ2) is 7.41. The monoisotopic (exact) mass is 287 g/mol. The van der Waals surface area contributed by atoms with Gasteiger partial charge < -0.3 is 15.2 Å². The predicted molar refractivity (Wildman–Crippen MR) is 64.0 cm³/mol. The highest BCUT2D eigenvalue weighted by molar-refractivity contribution is 9.10. The number of halogens is 1. The zero-order chi connectivity index (χ0) is 13.5. The van der Waals surface area contributed by atoms with Gasteiger partial charge in [0, 0.05) is 4.47 Å². The van der Waals surface area contributed by atoms with Gasteiger partial charge in [0.05, 0.1) is 21.8 Å². The van der Waals surface area contributed by atoms with Crippen molar-refractivity contribution in [1.82, 2.24) is 0 Å². The lowest BCUT2D eigenvalue weighted by Crippen LogP contribution is -2.85. The van der Waals surface area contributed by atoms with Crippen LogP contribution in [0.4, 0.5) is 0 Å². The van der Waals surface area contributed by atoms with Crippen LogP contribution in [-0.4, -0.2) is 19.1 Å². The third kappa shape index (κ3) is 5.28. The van der Waals surface area contributed by atoms with E-state index in [1.165, 1.54) is 44.5 Å². The highest BCUT2D eigenvalue weighted by Gasteiger charge is 1.97. The largest absolute Gasteiger partial charge is 0.545 e. The van der Waals surface area contributed by atoms with Crippen LogP contribution in [0.15, 0.2) is 28.7 Å². The number of carbonyl (C=O) groups is 1. The van der Waals surface area contributed by atoms with Crippen molar-refractivity contribution in [2.75, 3.05) is 13.1 Å². The van der Waals surface area contributed by atoms with Crippen LogP contribution in [0.1, 0.15) is 32.4 Å². The maximum Gasteiger partial charge on any atom is 0.0755 e. The van der Waals surface area contributed by atoms with Crippen LogP contribution < -0.4 is 10.4 Å². The summed E-state index contributed by atoms with van der Waals surface area (Å²) in [7, 11) is 0. The summed E-state index contributed by atoms with van der Waals surface area (Å²) in [5.41, 5.74) is -0.261. The summed E-state index contributed by atoms with van der Waals surface area (Å²) < 4.78 is 14.9. The Balaban J connectivity index is 0.000000225. The van der Waals surface area contributed by atoms with Gasteiger partial charge in [-0.1, -0.05) is 28.0 Å². The van der Waals surface area contributed by atoms with Crippen molar-refractivity contribution in [1.29, 1.82) is 0 Å². The molecule has 1 aromatic carbocycles. The highest BCUT2D eigenvalue weighted by Crippen LogP contribution is 2.09. The van der Waals surface area contributed by atoms with Gasteiger partial charge in [-0.25, -0.2) is 0 Å². The summed E-state index contributed by atoms with van der Waals surface area (Å²) in [6, 6.07) is 2.17. The molecule has 16 heavy (non-hydrogen) atoms. The van der Waals surface area contributed by atoms with Crippen molar-refractivity contribution in [3.05, 3.63) is 34.3 Å². The Kier molecular flexibility index (Phi) is 4.77. The number of hydrogen-bond donors (Lipinski definition) is 1. The van der Waals surface area contributed by atoms with Crippen LogP contribution in [0, 0.1) is 0 Å². The Morgan fingerprint density at radius 2 is 2.00 bits per heavy atom. The lowest BCUT2D eigenvalue weighted by molar-refractivity contribution is -0.662. The first-order valence-electron chi connectivity index (χ1n) is 6.32. The van der Waals surface area contributed by atoms with Crippen LogP contribution in [0.3, 0.4) is 0 Å². The van der Waals surface area contributed by atoms with Crippen LogP contribution >= 0.6 is 15.9 Å².